The highest BCUT2D eigenvalue weighted by atomic mass is 16.5. The van der Waals surface area contributed by atoms with Crippen molar-refractivity contribution < 1.29 is 14.3 Å². The second kappa shape index (κ2) is 10.9. The number of ketones is 2. The third-order valence-corrected chi connectivity index (χ3v) is 9.62. The third-order valence-electron chi connectivity index (χ3n) is 9.62. The molecule has 3 aliphatic rings. The van der Waals surface area contributed by atoms with Crippen LogP contribution in [-0.2, 0) is 20.9 Å². The van der Waals surface area contributed by atoms with Gasteiger partial charge in [-0.3, -0.25) is 9.59 Å². The number of carbonyl (C=O) groups is 2. The van der Waals surface area contributed by atoms with Crippen LogP contribution in [0.1, 0.15) is 65.8 Å². The Morgan fingerprint density at radius 1 is 0.591 bits per heavy atom. The van der Waals surface area contributed by atoms with Crippen LogP contribution in [0.2, 0.25) is 0 Å². The number of ether oxygens (including phenoxy) is 1. The van der Waals surface area contributed by atoms with Gasteiger partial charge >= 0.3 is 0 Å². The summed E-state index contributed by atoms with van der Waals surface area (Å²) in [6.45, 7) is 0.647. The van der Waals surface area contributed by atoms with Crippen molar-refractivity contribution in [2.75, 3.05) is 0 Å². The van der Waals surface area contributed by atoms with E-state index >= 15 is 0 Å². The Labute approximate surface area is 257 Å². The molecule has 0 fully saturated rings. The number of rotatable bonds is 5. The molecule has 2 heterocycles. The number of carbonyl (C=O) groups excluding carboxylic acids is 2. The Balaban J connectivity index is 1.30. The summed E-state index contributed by atoms with van der Waals surface area (Å²) in [5.74, 6) is 1.25. The zero-order valence-corrected chi connectivity index (χ0v) is 24.5. The zero-order chi connectivity index (χ0) is 29.6. The zero-order valence-electron chi connectivity index (χ0n) is 24.5. The minimum Gasteiger partial charge on any atom is -0.465 e. The van der Waals surface area contributed by atoms with E-state index in [1.807, 2.05) is 48.5 Å². The Kier molecular flexibility index (Phi) is 6.63. The Morgan fingerprint density at radius 2 is 1.09 bits per heavy atom. The molecule has 4 aromatic carbocycles. The number of aromatic nitrogens is 1. The van der Waals surface area contributed by atoms with Crippen LogP contribution in [0.25, 0.3) is 10.9 Å². The van der Waals surface area contributed by atoms with E-state index in [0.717, 1.165) is 39.2 Å². The highest BCUT2D eigenvalue weighted by Gasteiger charge is 2.46. The van der Waals surface area contributed by atoms with E-state index in [2.05, 4.69) is 77.4 Å². The third kappa shape index (κ3) is 4.62. The van der Waals surface area contributed by atoms with E-state index in [-0.39, 0.29) is 23.4 Å². The van der Waals surface area contributed by atoms with E-state index in [9.17, 15) is 9.59 Å². The van der Waals surface area contributed by atoms with Crippen molar-refractivity contribution >= 4 is 22.5 Å². The summed E-state index contributed by atoms with van der Waals surface area (Å²) in [5, 5.41) is 1.10. The number of hydrogen-bond donors (Lipinski definition) is 0. The maximum Gasteiger partial charge on any atom is 0.163 e. The molecule has 0 spiro atoms. The summed E-state index contributed by atoms with van der Waals surface area (Å²) in [6.07, 6.45) is 2.10. The number of para-hydroxylation sites is 1. The molecule has 0 N–H and O–H groups in total. The smallest absolute Gasteiger partial charge is 0.163 e. The van der Waals surface area contributed by atoms with Crippen LogP contribution in [0.3, 0.4) is 0 Å². The van der Waals surface area contributed by atoms with E-state index in [1.54, 1.807) is 0 Å². The lowest BCUT2D eigenvalue weighted by atomic mass is 9.70. The van der Waals surface area contributed by atoms with Crippen molar-refractivity contribution in [1.29, 1.82) is 0 Å². The fraction of sp³-hybridized carbons (Fsp3) is 0.200. The SMILES string of the molecule is O=C1CC(c2ccccc2)CC2=C1C(c1cc3ccccc3n1Cc1ccccc1)C1=C(CC(c3ccccc3)CC1=O)O2. The predicted molar refractivity (Wildman–Crippen MR) is 172 cm³/mol. The van der Waals surface area contributed by atoms with Crippen LogP contribution in [0.5, 0.6) is 0 Å². The molecule has 216 valence electrons. The minimum atomic E-state index is -0.460. The van der Waals surface area contributed by atoms with Crippen LogP contribution in [0.4, 0.5) is 0 Å². The second-order valence-electron chi connectivity index (χ2n) is 12.3. The normalized spacial score (nSPS) is 21.7. The summed E-state index contributed by atoms with van der Waals surface area (Å²) in [4.78, 5) is 28.5. The maximum absolute atomic E-state index is 14.3. The van der Waals surface area contributed by atoms with Crippen molar-refractivity contribution in [3.63, 3.8) is 0 Å². The quantitative estimate of drug-likeness (QED) is 0.211. The van der Waals surface area contributed by atoms with Gasteiger partial charge in [-0.1, -0.05) is 109 Å². The Morgan fingerprint density at radius 3 is 1.66 bits per heavy atom. The van der Waals surface area contributed by atoms with Gasteiger partial charge in [0.05, 0.1) is 5.92 Å². The van der Waals surface area contributed by atoms with Gasteiger partial charge in [0, 0.05) is 54.6 Å². The molecule has 4 nitrogen and oxygen atoms in total. The minimum absolute atomic E-state index is 0.0460. The first-order chi connectivity index (χ1) is 21.6. The average molecular weight is 576 g/mol. The van der Waals surface area contributed by atoms with E-state index in [4.69, 9.17) is 4.74 Å². The highest BCUT2D eigenvalue weighted by Crippen LogP contribution is 2.52. The topological polar surface area (TPSA) is 48.3 Å². The average Bonchev–Trinajstić information content (AvgIpc) is 3.42. The summed E-state index contributed by atoms with van der Waals surface area (Å²) in [6, 6.07) is 41.5. The molecular formula is C40H33NO3. The number of benzene rings is 4. The van der Waals surface area contributed by atoms with Crippen molar-refractivity contribution in [1.82, 2.24) is 4.57 Å². The molecule has 0 bridgehead atoms. The molecule has 1 aromatic heterocycles. The highest BCUT2D eigenvalue weighted by molar-refractivity contribution is 6.06. The van der Waals surface area contributed by atoms with Gasteiger partial charge in [0.25, 0.3) is 0 Å². The summed E-state index contributed by atoms with van der Waals surface area (Å²) >= 11 is 0. The van der Waals surface area contributed by atoms with E-state index < -0.39 is 5.92 Å². The predicted octanol–water partition coefficient (Wildman–Crippen LogP) is 8.61. The molecule has 0 amide bonds. The van der Waals surface area contributed by atoms with E-state index in [0.29, 0.717) is 43.4 Å². The van der Waals surface area contributed by atoms with Crippen molar-refractivity contribution in [2.24, 2.45) is 0 Å². The summed E-state index contributed by atoms with van der Waals surface area (Å²) in [5.41, 5.74) is 6.87. The van der Waals surface area contributed by atoms with Crippen LogP contribution >= 0.6 is 0 Å². The van der Waals surface area contributed by atoms with Gasteiger partial charge in [-0.05, 0) is 46.0 Å². The monoisotopic (exact) mass is 575 g/mol. The molecule has 1 aliphatic heterocycles. The second-order valence-corrected chi connectivity index (χ2v) is 12.3. The Bertz CT molecular complexity index is 1870. The number of allylic oxidation sites excluding steroid dienone is 4. The molecule has 5 aromatic rings. The fourth-order valence-corrected chi connectivity index (χ4v) is 7.55. The summed E-state index contributed by atoms with van der Waals surface area (Å²) < 4.78 is 9.04. The largest absolute Gasteiger partial charge is 0.465 e. The molecule has 8 rings (SSSR count). The number of Topliss-reactive ketones (excluding diaryl/α,β-unsaturated/α-hetero) is 2. The number of nitrogens with zero attached hydrogens (tertiary/aromatic N) is 1. The van der Waals surface area contributed by atoms with Crippen LogP contribution in [0, 0.1) is 0 Å². The van der Waals surface area contributed by atoms with Crippen LogP contribution in [-0.4, -0.2) is 16.1 Å². The molecular weight excluding hydrogens is 542 g/mol. The van der Waals surface area contributed by atoms with Gasteiger partial charge in [0.15, 0.2) is 11.6 Å². The van der Waals surface area contributed by atoms with Gasteiger partial charge in [0.1, 0.15) is 11.5 Å². The van der Waals surface area contributed by atoms with Crippen molar-refractivity contribution in [3.8, 4) is 0 Å². The van der Waals surface area contributed by atoms with Gasteiger partial charge in [0.2, 0.25) is 0 Å². The molecule has 0 saturated carbocycles. The lowest BCUT2D eigenvalue weighted by Gasteiger charge is -2.39. The van der Waals surface area contributed by atoms with Gasteiger partial charge in [-0.25, -0.2) is 0 Å². The lowest BCUT2D eigenvalue weighted by molar-refractivity contribution is -0.118. The van der Waals surface area contributed by atoms with E-state index in [1.165, 1.54) is 5.56 Å². The molecule has 2 unspecified atom stereocenters. The van der Waals surface area contributed by atoms with Crippen LogP contribution < -0.4 is 0 Å². The lowest BCUT2D eigenvalue weighted by Crippen LogP contribution is -2.34. The molecule has 0 saturated heterocycles. The standard InChI is InChI=1S/C40H33NO3/c42-34-21-30(27-14-6-2-7-15-27)23-36-39(34)38(40-35(43)22-31(24-37(40)44-36)28-16-8-3-9-17-28)33-20-29-18-10-11-19-32(29)41(33)25-26-12-4-1-5-13-26/h1-20,30-31,38H,21-25H2. The maximum atomic E-state index is 14.3. The van der Waals surface area contributed by atoms with Gasteiger partial charge < -0.3 is 9.30 Å². The summed E-state index contributed by atoms with van der Waals surface area (Å²) in [7, 11) is 0. The number of fused-ring (bicyclic) bond motifs is 1. The first-order valence-corrected chi connectivity index (χ1v) is 15.6. The fourth-order valence-electron chi connectivity index (χ4n) is 7.55. The first-order valence-electron chi connectivity index (χ1n) is 15.6. The molecule has 2 aliphatic carbocycles. The van der Waals surface area contributed by atoms with Crippen molar-refractivity contribution in [3.05, 3.63) is 166 Å². The molecule has 0 radical (unpaired) electrons. The molecule has 4 heteroatoms. The van der Waals surface area contributed by atoms with Crippen LogP contribution in [0.15, 0.2) is 144 Å². The molecule has 2 atom stereocenters. The number of hydrogen-bond acceptors (Lipinski definition) is 3. The molecule has 44 heavy (non-hydrogen) atoms. The first kappa shape index (κ1) is 26.7. The van der Waals surface area contributed by atoms with Gasteiger partial charge in [-0.2, -0.15) is 0 Å². The Hall–Kier alpha value is -4.96. The van der Waals surface area contributed by atoms with Gasteiger partial charge in [-0.15, -0.1) is 0 Å². The van der Waals surface area contributed by atoms with Crippen molar-refractivity contribution in [2.45, 2.75) is 50.0 Å².